The van der Waals surface area contributed by atoms with E-state index in [9.17, 15) is 14.7 Å². The van der Waals surface area contributed by atoms with Gasteiger partial charge in [-0.15, -0.1) is 0 Å². The van der Waals surface area contributed by atoms with E-state index < -0.39 is 11.9 Å². The lowest BCUT2D eigenvalue weighted by atomic mass is 9.98. The van der Waals surface area contributed by atoms with Gasteiger partial charge < -0.3 is 14.6 Å². The largest absolute Gasteiger partial charge is 0.506 e. The number of ether oxygens (including phenoxy) is 2. The topological polar surface area (TPSA) is 72.8 Å². The Morgan fingerprint density at radius 3 is 2.59 bits per heavy atom. The van der Waals surface area contributed by atoms with Crippen LogP contribution in [0.4, 0.5) is 0 Å². The highest BCUT2D eigenvalue weighted by atomic mass is 16.5. The predicted octanol–water partition coefficient (Wildman–Crippen LogP) is 3.08. The number of aliphatic hydroxyl groups excluding tert-OH is 1. The summed E-state index contributed by atoms with van der Waals surface area (Å²) >= 11 is 0. The minimum atomic E-state index is -0.748. The monoisotopic (exact) mass is 302 g/mol. The molecule has 0 saturated carbocycles. The molecule has 0 radical (unpaired) electrons. The highest BCUT2D eigenvalue weighted by Crippen LogP contribution is 2.37. The quantitative estimate of drug-likeness (QED) is 0.516. The minimum Gasteiger partial charge on any atom is -0.506 e. The number of hydrogen-bond donors (Lipinski definition) is 1. The molecule has 0 bridgehead atoms. The van der Waals surface area contributed by atoms with E-state index in [4.69, 9.17) is 9.47 Å². The van der Waals surface area contributed by atoms with Gasteiger partial charge in [0.2, 0.25) is 0 Å². The van der Waals surface area contributed by atoms with Gasteiger partial charge in [0.25, 0.3) is 0 Å². The van der Waals surface area contributed by atoms with Crippen LogP contribution in [0.25, 0.3) is 5.76 Å². The summed E-state index contributed by atoms with van der Waals surface area (Å²) in [7, 11) is 0. The fourth-order valence-corrected chi connectivity index (χ4v) is 2.33. The first-order valence-electron chi connectivity index (χ1n) is 6.98. The molecule has 22 heavy (non-hydrogen) atoms. The molecule has 5 nitrogen and oxygen atoms in total. The van der Waals surface area contributed by atoms with E-state index in [1.54, 1.807) is 45.9 Å². The summed E-state index contributed by atoms with van der Waals surface area (Å²) < 4.78 is 10.4. The smallest absolute Gasteiger partial charge is 0.344 e. The molecule has 0 atom stereocenters. The van der Waals surface area contributed by atoms with E-state index in [1.807, 2.05) is 0 Å². The van der Waals surface area contributed by atoms with Gasteiger partial charge in [-0.2, -0.15) is 0 Å². The highest BCUT2D eigenvalue weighted by Gasteiger charge is 2.34. The van der Waals surface area contributed by atoms with Crippen molar-refractivity contribution in [1.29, 1.82) is 0 Å². The lowest BCUT2D eigenvalue weighted by Gasteiger charge is -2.10. The fourth-order valence-electron chi connectivity index (χ4n) is 2.33. The van der Waals surface area contributed by atoms with Crippen molar-refractivity contribution in [3.8, 4) is 5.75 Å². The molecule has 2 rings (SSSR count). The van der Waals surface area contributed by atoms with E-state index in [1.165, 1.54) is 0 Å². The van der Waals surface area contributed by atoms with Crippen molar-refractivity contribution >= 4 is 17.7 Å². The number of fused-ring (bicyclic) bond motifs is 1. The van der Waals surface area contributed by atoms with Gasteiger partial charge >= 0.3 is 11.9 Å². The van der Waals surface area contributed by atoms with Crippen LogP contribution in [0.15, 0.2) is 34.9 Å². The molecule has 0 aliphatic carbocycles. The average molecular weight is 302 g/mol. The lowest BCUT2D eigenvalue weighted by molar-refractivity contribution is -0.139. The predicted molar refractivity (Wildman–Crippen MR) is 81.4 cm³/mol. The summed E-state index contributed by atoms with van der Waals surface area (Å²) in [6.07, 6.45) is 0. The Morgan fingerprint density at radius 1 is 1.32 bits per heavy atom. The summed E-state index contributed by atoms with van der Waals surface area (Å²) in [6.45, 7) is 6.90. The van der Waals surface area contributed by atoms with Crippen LogP contribution in [0.2, 0.25) is 0 Å². The molecule has 0 spiro atoms. The van der Waals surface area contributed by atoms with Gasteiger partial charge in [-0.05, 0) is 39.3 Å². The third-order valence-electron chi connectivity index (χ3n) is 3.33. The van der Waals surface area contributed by atoms with Gasteiger partial charge in [0, 0.05) is 0 Å². The molecule has 0 unspecified atom stereocenters. The number of carbonyl (C=O) groups excluding carboxylic acids is 2. The van der Waals surface area contributed by atoms with Crippen LogP contribution >= 0.6 is 0 Å². The van der Waals surface area contributed by atoms with E-state index in [2.05, 4.69) is 0 Å². The Kier molecular flexibility index (Phi) is 4.35. The van der Waals surface area contributed by atoms with Crippen LogP contribution in [-0.4, -0.2) is 23.7 Å². The normalized spacial score (nSPS) is 14.2. The summed E-state index contributed by atoms with van der Waals surface area (Å²) in [4.78, 5) is 24.6. The van der Waals surface area contributed by atoms with Crippen molar-refractivity contribution in [3.63, 3.8) is 0 Å². The number of rotatable bonds is 2. The van der Waals surface area contributed by atoms with E-state index in [0.717, 1.165) is 0 Å². The summed E-state index contributed by atoms with van der Waals surface area (Å²) in [5.74, 6) is -1.48. The maximum atomic E-state index is 12.4. The van der Waals surface area contributed by atoms with E-state index in [0.29, 0.717) is 16.7 Å². The van der Waals surface area contributed by atoms with Crippen LogP contribution in [0.1, 0.15) is 31.9 Å². The molecule has 5 heteroatoms. The van der Waals surface area contributed by atoms with Gasteiger partial charge in [-0.1, -0.05) is 17.7 Å². The summed E-state index contributed by atoms with van der Waals surface area (Å²) in [5, 5.41) is 10.6. The van der Waals surface area contributed by atoms with E-state index >= 15 is 0 Å². The van der Waals surface area contributed by atoms with Crippen molar-refractivity contribution in [2.24, 2.45) is 0 Å². The van der Waals surface area contributed by atoms with Gasteiger partial charge in [-0.3, -0.25) is 0 Å². The molecule has 0 fully saturated rings. The standard InChI is InChI=1S/C17H18O5/c1-5-21-16(19)13-12(9(2)3)17(20)22-15-10(4)7-6-8-11(15)14(13)18/h6-8,18H,5H2,1-4H3. The Bertz CT molecular complexity index is 706. The minimum absolute atomic E-state index is 0.0338. The first-order chi connectivity index (χ1) is 10.4. The van der Waals surface area contributed by atoms with Crippen LogP contribution in [0.3, 0.4) is 0 Å². The van der Waals surface area contributed by atoms with Crippen molar-refractivity contribution in [1.82, 2.24) is 0 Å². The Balaban J connectivity index is 2.80. The average Bonchev–Trinajstić information content (AvgIpc) is 2.56. The van der Waals surface area contributed by atoms with Gasteiger partial charge in [0.1, 0.15) is 17.1 Å². The maximum Gasteiger partial charge on any atom is 0.344 e. The SMILES string of the molecule is CCOC(=O)C1=C(O)c2cccc(C)c2OC(=O)C1=C(C)C. The molecule has 1 aliphatic rings. The van der Waals surface area contributed by atoms with Gasteiger partial charge in [-0.25, -0.2) is 9.59 Å². The van der Waals surface area contributed by atoms with Crippen molar-refractivity contribution in [3.05, 3.63) is 46.0 Å². The molecule has 1 aromatic rings. The summed E-state index contributed by atoms with van der Waals surface area (Å²) in [5.41, 5.74) is 1.43. The molecule has 0 aromatic heterocycles. The van der Waals surface area contributed by atoms with E-state index in [-0.39, 0.29) is 29.3 Å². The third-order valence-corrected chi connectivity index (χ3v) is 3.33. The van der Waals surface area contributed by atoms with Crippen LogP contribution in [0.5, 0.6) is 5.75 Å². The molecule has 1 aromatic carbocycles. The van der Waals surface area contributed by atoms with Crippen LogP contribution < -0.4 is 4.74 Å². The number of benzene rings is 1. The number of carbonyl (C=O) groups is 2. The molecule has 116 valence electrons. The third kappa shape index (κ3) is 2.62. The molecular weight excluding hydrogens is 284 g/mol. The highest BCUT2D eigenvalue weighted by molar-refractivity contribution is 6.13. The Labute approximate surface area is 128 Å². The fraction of sp³-hybridized carbons (Fsp3) is 0.294. The first kappa shape index (κ1) is 15.8. The zero-order chi connectivity index (χ0) is 16.4. The first-order valence-corrected chi connectivity index (χ1v) is 6.98. The number of aryl methyl sites for hydroxylation is 1. The molecule has 1 aliphatic heterocycles. The molecular formula is C17H18O5. The number of aliphatic hydroxyl groups is 1. The Morgan fingerprint density at radius 2 is 2.00 bits per heavy atom. The Hall–Kier alpha value is -2.56. The number of allylic oxidation sites excluding steroid dienone is 1. The second-order valence-electron chi connectivity index (χ2n) is 5.16. The van der Waals surface area contributed by atoms with Crippen LogP contribution in [0, 0.1) is 6.92 Å². The second kappa shape index (κ2) is 6.05. The second-order valence-corrected chi connectivity index (χ2v) is 5.16. The van der Waals surface area contributed by atoms with Gasteiger partial charge in [0.05, 0.1) is 17.7 Å². The number of esters is 2. The molecule has 1 heterocycles. The lowest BCUT2D eigenvalue weighted by Crippen LogP contribution is -2.19. The summed E-state index contributed by atoms with van der Waals surface area (Å²) in [6, 6.07) is 5.07. The number of hydrogen-bond acceptors (Lipinski definition) is 5. The zero-order valence-electron chi connectivity index (χ0n) is 13.0. The van der Waals surface area contributed by atoms with Crippen molar-refractivity contribution in [2.75, 3.05) is 6.61 Å². The molecule has 1 N–H and O–H groups in total. The van der Waals surface area contributed by atoms with Crippen molar-refractivity contribution < 1.29 is 24.2 Å². The van der Waals surface area contributed by atoms with Gasteiger partial charge in [0.15, 0.2) is 0 Å². The maximum absolute atomic E-state index is 12.4. The molecule has 0 saturated heterocycles. The van der Waals surface area contributed by atoms with Crippen molar-refractivity contribution in [2.45, 2.75) is 27.7 Å². The number of para-hydroxylation sites is 1. The zero-order valence-corrected chi connectivity index (χ0v) is 13.0. The molecule has 0 amide bonds. The van der Waals surface area contributed by atoms with Crippen LogP contribution in [-0.2, 0) is 14.3 Å².